The summed E-state index contributed by atoms with van der Waals surface area (Å²) in [5.41, 5.74) is 8.13. The number of carbonyl (C=O) groups excluding carboxylic acids is 2. The molecular weight excluding hydrogens is 518 g/mol. The molecule has 0 saturated heterocycles. The molecule has 40 heavy (non-hydrogen) atoms. The number of aryl methyl sites for hydroxylation is 1. The smallest absolute Gasteiger partial charge is 0.256 e. The van der Waals surface area contributed by atoms with Crippen molar-refractivity contribution in [2.45, 2.75) is 27.7 Å². The first-order chi connectivity index (χ1) is 19.3. The highest BCUT2D eigenvalue weighted by atomic mass is 32.1. The average Bonchev–Trinajstić information content (AvgIpc) is 3.65. The first-order valence-electron chi connectivity index (χ1n) is 13.7. The summed E-state index contributed by atoms with van der Waals surface area (Å²) in [4.78, 5) is 38.7. The number of carbonyl (C=O) groups is 2. The van der Waals surface area contributed by atoms with Crippen LogP contribution in [0.2, 0.25) is 0 Å². The van der Waals surface area contributed by atoms with Gasteiger partial charge in [0.05, 0.1) is 16.8 Å². The van der Waals surface area contributed by atoms with E-state index in [0.717, 1.165) is 69.7 Å². The summed E-state index contributed by atoms with van der Waals surface area (Å²) in [5, 5.41) is 5.98. The summed E-state index contributed by atoms with van der Waals surface area (Å²) in [6.45, 7) is 11.5. The first kappa shape index (κ1) is 27.6. The molecule has 0 fully saturated rings. The topological polar surface area (TPSA) is 81.3 Å². The highest BCUT2D eigenvalue weighted by molar-refractivity contribution is 7.13. The summed E-state index contributed by atoms with van der Waals surface area (Å²) in [7, 11) is 1.85. The molecule has 3 heterocycles. The zero-order chi connectivity index (χ0) is 28.4. The molecule has 2 aromatic heterocycles. The summed E-state index contributed by atoms with van der Waals surface area (Å²) in [6, 6.07) is 16.0. The van der Waals surface area contributed by atoms with Crippen molar-refractivity contribution in [1.82, 2.24) is 19.8 Å². The quantitative estimate of drug-likeness (QED) is 0.237. The Morgan fingerprint density at radius 2 is 1.77 bits per heavy atom. The van der Waals surface area contributed by atoms with Crippen molar-refractivity contribution in [2.75, 3.05) is 38.5 Å². The lowest BCUT2D eigenvalue weighted by Crippen LogP contribution is -2.36. The minimum Gasteiger partial charge on any atom is -0.358 e. The van der Waals surface area contributed by atoms with E-state index in [2.05, 4.69) is 41.2 Å². The maximum absolute atomic E-state index is 13.4. The number of hydrogen-bond acceptors (Lipinski definition) is 5. The van der Waals surface area contributed by atoms with E-state index < -0.39 is 0 Å². The molecule has 0 aliphatic carbocycles. The highest BCUT2D eigenvalue weighted by Crippen LogP contribution is 2.38. The maximum atomic E-state index is 13.4. The van der Waals surface area contributed by atoms with Crippen LogP contribution < -0.4 is 5.32 Å². The lowest BCUT2D eigenvalue weighted by molar-refractivity contribution is -0.110. The van der Waals surface area contributed by atoms with Crippen molar-refractivity contribution in [3.05, 3.63) is 82.0 Å². The van der Waals surface area contributed by atoms with Gasteiger partial charge >= 0.3 is 0 Å². The van der Waals surface area contributed by atoms with Gasteiger partial charge in [-0.25, -0.2) is 4.98 Å². The van der Waals surface area contributed by atoms with Gasteiger partial charge in [-0.3, -0.25) is 9.59 Å². The third kappa shape index (κ3) is 5.37. The third-order valence-corrected chi connectivity index (χ3v) is 8.49. The number of likely N-dealkylation sites (N-methyl/N-ethyl adjacent to an activating group) is 2. The Balaban J connectivity index is 1.43. The summed E-state index contributed by atoms with van der Waals surface area (Å²) in [6.07, 6.45) is 1.86. The standard InChI is InChI=1S/C32H35N5O2S/c1-6-37(7-2)16-15-36(5)32(39)29-20(3)27(33-21(29)4)18-25-24-17-23(13-14-26(24)34-30(25)38)28-19-40-31(35-28)22-11-9-8-10-12-22/h8-14,17-19,33H,6-7,15-16H2,1-5H3,(H,34,38)/b25-18-. The summed E-state index contributed by atoms with van der Waals surface area (Å²) in [5.74, 6) is -0.175. The van der Waals surface area contributed by atoms with Gasteiger partial charge in [-0.15, -0.1) is 11.3 Å². The summed E-state index contributed by atoms with van der Waals surface area (Å²) >= 11 is 1.60. The fourth-order valence-electron chi connectivity index (χ4n) is 5.12. The van der Waals surface area contributed by atoms with Crippen molar-refractivity contribution in [2.24, 2.45) is 0 Å². The van der Waals surface area contributed by atoms with Gasteiger partial charge in [0.2, 0.25) is 0 Å². The average molecular weight is 554 g/mol. The molecule has 1 aliphatic rings. The molecule has 2 N–H and O–H groups in total. The van der Waals surface area contributed by atoms with E-state index in [9.17, 15) is 9.59 Å². The van der Waals surface area contributed by atoms with Gasteiger partial charge in [-0.1, -0.05) is 50.2 Å². The van der Waals surface area contributed by atoms with Crippen LogP contribution in [-0.2, 0) is 4.79 Å². The minimum atomic E-state index is -0.161. The van der Waals surface area contributed by atoms with Crippen molar-refractivity contribution >= 4 is 40.5 Å². The van der Waals surface area contributed by atoms with Crippen LogP contribution in [0.1, 0.15) is 46.7 Å². The van der Waals surface area contributed by atoms with Crippen LogP contribution in [0.5, 0.6) is 0 Å². The molecule has 206 valence electrons. The van der Waals surface area contributed by atoms with Crippen molar-refractivity contribution in [1.29, 1.82) is 0 Å². The molecule has 0 atom stereocenters. The van der Waals surface area contributed by atoms with Gasteiger partial charge in [0.1, 0.15) is 5.01 Å². The Bertz CT molecular complexity index is 1580. The monoisotopic (exact) mass is 553 g/mol. The Morgan fingerprint density at radius 1 is 1.02 bits per heavy atom. The van der Waals surface area contributed by atoms with Gasteiger partial charge in [0, 0.05) is 59.3 Å². The van der Waals surface area contributed by atoms with Gasteiger partial charge in [-0.05, 0) is 50.7 Å². The van der Waals surface area contributed by atoms with E-state index in [1.165, 1.54) is 0 Å². The van der Waals surface area contributed by atoms with Crippen molar-refractivity contribution in [3.8, 4) is 21.8 Å². The van der Waals surface area contributed by atoms with E-state index in [0.29, 0.717) is 17.7 Å². The number of aromatic amines is 1. The number of H-pyrrole nitrogens is 1. The molecule has 0 saturated carbocycles. The number of aromatic nitrogens is 2. The largest absolute Gasteiger partial charge is 0.358 e. The fourth-order valence-corrected chi connectivity index (χ4v) is 5.95. The molecule has 2 amide bonds. The second-order valence-electron chi connectivity index (χ2n) is 10.1. The lowest BCUT2D eigenvalue weighted by Gasteiger charge is -2.23. The van der Waals surface area contributed by atoms with E-state index in [1.54, 1.807) is 16.2 Å². The maximum Gasteiger partial charge on any atom is 0.256 e. The molecule has 2 aromatic carbocycles. The molecule has 0 unspecified atom stereocenters. The second-order valence-corrected chi connectivity index (χ2v) is 11.0. The molecule has 8 heteroatoms. The van der Waals surface area contributed by atoms with Crippen LogP contribution >= 0.6 is 11.3 Å². The second kappa shape index (κ2) is 11.6. The van der Waals surface area contributed by atoms with Gasteiger partial charge in [0.25, 0.3) is 11.8 Å². The molecule has 1 aliphatic heterocycles. The number of anilines is 1. The molecule has 7 nitrogen and oxygen atoms in total. The Morgan fingerprint density at radius 3 is 2.50 bits per heavy atom. The molecule has 4 aromatic rings. The Hall–Kier alpha value is -4.01. The van der Waals surface area contributed by atoms with E-state index in [4.69, 9.17) is 4.98 Å². The number of thiazole rings is 1. The molecule has 0 radical (unpaired) electrons. The van der Waals surface area contributed by atoms with Crippen molar-refractivity contribution in [3.63, 3.8) is 0 Å². The highest BCUT2D eigenvalue weighted by Gasteiger charge is 2.27. The third-order valence-electron chi connectivity index (χ3n) is 7.59. The fraction of sp³-hybridized carbons (Fsp3) is 0.281. The zero-order valence-corrected chi connectivity index (χ0v) is 24.5. The van der Waals surface area contributed by atoms with E-state index in [1.807, 2.05) is 68.7 Å². The number of fused-ring (bicyclic) bond motifs is 1. The SMILES string of the molecule is CCN(CC)CCN(C)C(=O)c1c(C)[nH]c(/C=C2\C(=O)Nc3ccc(-c4csc(-c5ccccc5)n4)cc32)c1C. The normalized spacial score (nSPS) is 13.7. The number of benzene rings is 2. The number of rotatable bonds is 9. The van der Waals surface area contributed by atoms with Crippen LogP contribution in [0.4, 0.5) is 5.69 Å². The number of nitrogens with zero attached hydrogens (tertiary/aromatic N) is 3. The molecular formula is C32H35N5O2S. The van der Waals surface area contributed by atoms with Crippen LogP contribution in [0, 0.1) is 13.8 Å². The van der Waals surface area contributed by atoms with Crippen LogP contribution in [-0.4, -0.2) is 64.8 Å². The first-order valence-corrected chi connectivity index (χ1v) is 14.5. The van der Waals surface area contributed by atoms with E-state index >= 15 is 0 Å². The number of amides is 2. The number of hydrogen-bond donors (Lipinski definition) is 2. The van der Waals surface area contributed by atoms with Crippen LogP contribution in [0.25, 0.3) is 33.5 Å². The van der Waals surface area contributed by atoms with Gasteiger partial charge in [0.15, 0.2) is 0 Å². The lowest BCUT2D eigenvalue weighted by atomic mass is 10.0. The Labute approximate surface area is 239 Å². The molecule has 0 bridgehead atoms. The molecule has 5 rings (SSSR count). The van der Waals surface area contributed by atoms with Crippen LogP contribution in [0.15, 0.2) is 53.9 Å². The predicted octanol–water partition coefficient (Wildman–Crippen LogP) is 6.33. The molecule has 0 spiro atoms. The van der Waals surface area contributed by atoms with Gasteiger partial charge < -0.3 is 20.1 Å². The number of nitrogens with one attached hydrogen (secondary N) is 2. The minimum absolute atomic E-state index is 0.0145. The summed E-state index contributed by atoms with van der Waals surface area (Å²) < 4.78 is 0. The van der Waals surface area contributed by atoms with Gasteiger partial charge in [-0.2, -0.15) is 0 Å². The van der Waals surface area contributed by atoms with Crippen molar-refractivity contribution < 1.29 is 9.59 Å². The van der Waals surface area contributed by atoms with Crippen LogP contribution in [0.3, 0.4) is 0 Å². The zero-order valence-electron chi connectivity index (χ0n) is 23.7. The van der Waals surface area contributed by atoms with E-state index in [-0.39, 0.29) is 11.8 Å². The Kier molecular flexibility index (Phi) is 8.00. The predicted molar refractivity (Wildman–Crippen MR) is 165 cm³/mol.